The summed E-state index contributed by atoms with van der Waals surface area (Å²) in [6.07, 6.45) is -4.43. The monoisotopic (exact) mass is 433 g/mol. The van der Waals surface area contributed by atoms with Crippen LogP contribution in [0.1, 0.15) is 22.3 Å². The van der Waals surface area contributed by atoms with Gasteiger partial charge in [0.1, 0.15) is 5.52 Å². The number of hydrogen-bond acceptors (Lipinski definition) is 5. The highest BCUT2D eigenvalue weighted by Gasteiger charge is 2.30. The van der Waals surface area contributed by atoms with Gasteiger partial charge in [0.25, 0.3) is 0 Å². The lowest BCUT2D eigenvalue weighted by Crippen LogP contribution is -2.05. The number of rotatable bonds is 2. The molecule has 6 nitrogen and oxygen atoms in total. The maximum Gasteiger partial charge on any atom is 0.416 e. The second-order valence-electron chi connectivity index (χ2n) is 7.16. The van der Waals surface area contributed by atoms with E-state index in [4.69, 9.17) is 4.52 Å². The molecule has 0 amide bonds. The molecule has 0 unspecified atom stereocenters. The van der Waals surface area contributed by atoms with Crippen molar-refractivity contribution < 1.29 is 17.7 Å². The van der Waals surface area contributed by atoms with E-state index in [1.807, 2.05) is 31.2 Å². The first kappa shape index (κ1) is 19.6. The van der Waals surface area contributed by atoms with Crippen molar-refractivity contribution in [1.29, 1.82) is 0 Å². The van der Waals surface area contributed by atoms with Crippen LogP contribution in [-0.2, 0) is 6.18 Å². The van der Waals surface area contributed by atoms with Crippen molar-refractivity contribution in [3.63, 3.8) is 0 Å². The molecule has 0 fully saturated rings. The maximum absolute atomic E-state index is 13.0. The van der Waals surface area contributed by atoms with E-state index in [2.05, 4.69) is 37.7 Å². The minimum Gasteiger partial charge on any atom is -0.353 e. The van der Waals surface area contributed by atoms with E-state index < -0.39 is 11.7 Å². The Balaban J connectivity index is 1.51. The summed E-state index contributed by atoms with van der Waals surface area (Å²) in [4.78, 5) is 0. The number of benzene rings is 3. The minimum atomic E-state index is -4.43. The number of H-pyrrole nitrogens is 1. The Labute approximate surface area is 179 Å². The van der Waals surface area contributed by atoms with E-state index >= 15 is 0 Å². The molecule has 2 N–H and O–H groups in total. The number of anilines is 2. The number of halogens is 3. The Morgan fingerprint density at radius 1 is 1.03 bits per heavy atom. The van der Waals surface area contributed by atoms with Crippen LogP contribution in [-0.4, -0.2) is 20.6 Å². The Morgan fingerprint density at radius 2 is 1.91 bits per heavy atom. The second-order valence-corrected chi connectivity index (χ2v) is 7.16. The van der Waals surface area contributed by atoms with Crippen LogP contribution in [0.4, 0.5) is 24.7 Å². The van der Waals surface area contributed by atoms with E-state index in [-0.39, 0.29) is 5.69 Å². The third-order valence-electron chi connectivity index (χ3n) is 4.96. The maximum atomic E-state index is 13.0. The zero-order valence-electron chi connectivity index (χ0n) is 16.6. The lowest BCUT2D eigenvalue weighted by Gasteiger charge is -2.09. The molecule has 0 atom stereocenters. The van der Waals surface area contributed by atoms with E-state index in [0.29, 0.717) is 27.9 Å². The Kier molecular flexibility index (Phi) is 4.56. The lowest BCUT2D eigenvalue weighted by molar-refractivity contribution is -0.137. The molecule has 0 aliphatic carbocycles. The molecule has 0 radical (unpaired) electrons. The number of aromatic nitrogens is 4. The van der Waals surface area contributed by atoms with Crippen LogP contribution in [0.5, 0.6) is 0 Å². The average Bonchev–Trinajstić information content (AvgIpc) is 3.39. The zero-order valence-corrected chi connectivity index (χ0v) is 16.6. The van der Waals surface area contributed by atoms with Crippen LogP contribution in [0.2, 0.25) is 0 Å². The molecule has 2 heterocycles. The van der Waals surface area contributed by atoms with Gasteiger partial charge in [-0.2, -0.15) is 13.2 Å². The number of aryl methyl sites for hydroxylation is 1. The van der Waals surface area contributed by atoms with Crippen molar-refractivity contribution in [1.82, 2.24) is 20.6 Å². The summed E-state index contributed by atoms with van der Waals surface area (Å²) >= 11 is 0. The van der Waals surface area contributed by atoms with Gasteiger partial charge in [-0.05, 0) is 55.0 Å². The minimum absolute atomic E-state index is 0.254. The summed E-state index contributed by atoms with van der Waals surface area (Å²) in [6.45, 7) is 1.90. The van der Waals surface area contributed by atoms with Crippen LogP contribution in [0.25, 0.3) is 22.0 Å². The Morgan fingerprint density at radius 3 is 2.75 bits per heavy atom. The van der Waals surface area contributed by atoms with Gasteiger partial charge in [-0.1, -0.05) is 34.3 Å². The van der Waals surface area contributed by atoms with Crippen LogP contribution in [0.15, 0.2) is 59.1 Å². The fourth-order valence-electron chi connectivity index (χ4n) is 3.31. The SMILES string of the molecule is Cc1ccc2c(Nc3cccc(C(F)(F)F)c3)noc2c1C#Cc1ccc2[nH]nnc2c1. The predicted molar refractivity (Wildman–Crippen MR) is 113 cm³/mol. The number of fused-ring (bicyclic) bond motifs is 2. The number of nitrogens with one attached hydrogen (secondary N) is 2. The molecule has 3 aromatic carbocycles. The van der Waals surface area contributed by atoms with Crippen molar-refractivity contribution in [2.24, 2.45) is 0 Å². The molecule has 0 saturated heterocycles. The summed E-state index contributed by atoms with van der Waals surface area (Å²) in [5, 5.41) is 18.1. The molecular weight excluding hydrogens is 419 g/mol. The first-order valence-corrected chi connectivity index (χ1v) is 9.54. The molecule has 0 bridgehead atoms. The van der Waals surface area contributed by atoms with Crippen molar-refractivity contribution >= 4 is 33.5 Å². The van der Waals surface area contributed by atoms with Crippen LogP contribution in [0.3, 0.4) is 0 Å². The van der Waals surface area contributed by atoms with Crippen molar-refractivity contribution in [3.05, 3.63) is 76.9 Å². The summed E-state index contributed by atoms with van der Waals surface area (Å²) in [7, 11) is 0. The molecule has 0 spiro atoms. The number of aromatic amines is 1. The molecule has 0 saturated carbocycles. The standard InChI is InChI=1S/C23H14F3N5O/c1-13-5-8-18-21(17(13)9-6-14-7-10-19-20(11-14)29-31-28-19)32-30-22(18)27-16-4-2-3-15(12-16)23(24,25)26/h2-5,7-8,10-12H,1H3,(H,27,30)(H,28,29,31). The summed E-state index contributed by atoms with van der Waals surface area (Å²) < 4.78 is 44.5. The molecule has 0 aliphatic heterocycles. The largest absolute Gasteiger partial charge is 0.416 e. The summed E-state index contributed by atoms with van der Waals surface area (Å²) in [6, 6.07) is 14.1. The van der Waals surface area contributed by atoms with Crippen molar-refractivity contribution in [3.8, 4) is 11.8 Å². The van der Waals surface area contributed by atoms with Gasteiger partial charge < -0.3 is 9.84 Å². The average molecular weight is 433 g/mol. The van der Waals surface area contributed by atoms with Gasteiger partial charge in [0.15, 0.2) is 11.4 Å². The van der Waals surface area contributed by atoms with Crippen molar-refractivity contribution in [2.45, 2.75) is 13.1 Å². The predicted octanol–water partition coefficient (Wildman–Crippen LogP) is 5.57. The molecule has 158 valence electrons. The highest BCUT2D eigenvalue weighted by atomic mass is 19.4. The topological polar surface area (TPSA) is 79.6 Å². The fourth-order valence-corrected chi connectivity index (χ4v) is 3.31. The van der Waals surface area contributed by atoms with E-state index in [0.717, 1.165) is 28.8 Å². The van der Waals surface area contributed by atoms with E-state index in [1.54, 1.807) is 6.07 Å². The first-order valence-electron chi connectivity index (χ1n) is 9.54. The van der Waals surface area contributed by atoms with E-state index in [9.17, 15) is 13.2 Å². The zero-order chi connectivity index (χ0) is 22.3. The van der Waals surface area contributed by atoms with E-state index in [1.165, 1.54) is 12.1 Å². The van der Waals surface area contributed by atoms with Gasteiger partial charge in [-0.3, -0.25) is 5.10 Å². The Bertz CT molecular complexity index is 1520. The van der Waals surface area contributed by atoms with Gasteiger partial charge in [0.05, 0.1) is 22.0 Å². The quantitative estimate of drug-likeness (QED) is 0.356. The van der Waals surface area contributed by atoms with Gasteiger partial charge in [0, 0.05) is 11.3 Å². The number of hydrogen-bond donors (Lipinski definition) is 2. The van der Waals surface area contributed by atoms with Crippen LogP contribution >= 0.6 is 0 Å². The highest BCUT2D eigenvalue weighted by Crippen LogP contribution is 2.33. The summed E-state index contributed by atoms with van der Waals surface area (Å²) in [5.41, 5.74) is 3.76. The number of alkyl halides is 3. The van der Waals surface area contributed by atoms with Gasteiger partial charge in [0.2, 0.25) is 0 Å². The molecule has 5 rings (SSSR count). The lowest BCUT2D eigenvalue weighted by atomic mass is 10.1. The highest BCUT2D eigenvalue weighted by molar-refractivity contribution is 5.94. The molecule has 0 aliphatic rings. The van der Waals surface area contributed by atoms with Gasteiger partial charge in [-0.25, -0.2) is 0 Å². The Hall–Kier alpha value is -4.32. The first-order chi connectivity index (χ1) is 15.4. The number of nitrogens with zero attached hydrogens (tertiary/aromatic N) is 3. The second kappa shape index (κ2) is 7.42. The van der Waals surface area contributed by atoms with Gasteiger partial charge >= 0.3 is 6.18 Å². The van der Waals surface area contributed by atoms with Crippen LogP contribution < -0.4 is 5.32 Å². The fraction of sp³-hybridized carbons (Fsp3) is 0.0870. The molecular formula is C23H14F3N5O. The molecule has 2 aromatic heterocycles. The molecule has 9 heteroatoms. The molecule has 5 aromatic rings. The normalized spacial score (nSPS) is 11.5. The summed E-state index contributed by atoms with van der Waals surface area (Å²) in [5.74, 6) is 6.52. The smallest absolute Gasteiger partial charge is 0.353 e. The third-order valence-corrected chi connectivity index (χ3v) is 4.96. The third kappa shape index (κ3) is 3.63. The van der Waals surface area contributed by atoms with Gasteiger partial charge in [-0.15, -0.1) is 5.10 Å². The van der Waals surface area contributed by atoms with Crippen molar-refractivity contribution in [2.75, 3.05) is 5.32 Å². The molecule has 32 heavy (non-hydrogen) atoms. The van der Waals surface area contributed by atoms with Crippen LogP contribution in [0, 0.1) is 18.8 Å².